The van der Waals surface area contributed by atoms with E-state index >= 15 is 0 Å². The van der Waals surface area contributed by atoms with Crippen LogP contribution in [0, 0.1) is 0 Å². The van der Waals surface area contributed by atoms with E-state index in [0.29, 0.717) is 19.6 Å². The minimum Gasteiger partial charge on any atom is -0.381 e. The van der Waals surface area contributed by atoms with Gasteiger partial charge in [-0.1, -0.05) is 6.92 Å². The van der Waals surface area contributed by atoms with Crippen molar-refractivity contribution in [2.75, 3.05) is 19.8 Å². The summed E-state index contributed by atoms with van der Waals surface area (Å²) < 4.78 is 5.21. The zero-order valence-corrected chi connectivity index (χ0v) is 9.21. The number of hydrogen-bond acceptors (Lipinski definition) is 3. The zero-order valence-electron chi connectivity index (χ0n) is 9.21. The van der Waals surface area contributed by atoms with E-state index in [2.05, 4.69) is 5.32 Å². The Bertz CT molecular complexity index is 151. The second kappa shape index (κ2) is 8.97. The van der Waals surface area contributed by atoms with Crippen molar-refractivity contribution >= 4 is 5.91 Å². The first kappa shape index (κ1) is 13.4. The minimum atomic E-state index is 0.0436. The molecule has 0 rings (SSSR count). The van der Waals surface area contributed by atoms with Gasteiger partial charge in [0.2, 0.25) is 5.91 Å². The summed E-state index contributed by atoms with van der Waals surface area (Å²) in [5.74, 6) is 0.0436. The average molecular weight is 202 g/mol. The van der Waals surface area contributed by atoms with Gasteiger partial charge in [-0.25, -0.2) is 0 Å². The van der Waals surface area contributed by atoms with Crippen LogP contribution in [0.1, 0.15) is 33.1 Å². The molecular weight excluding hydrogens is 180 g/mol. The molecule has 0 spiro atoms. The molecule has 0 aliphatic heterocycles. The Morgan fingerprint density at radius 1 is 1.50 bits per heavy atom. The molecule has 0 radical (unpaired) electrons. The lowest BCUT2D eigenvalue weighted by Gasteiger charge is -2.12. The van der Waals surface area contributed by atoms with Gasteiger partial charge in [0.05, 0.1) is 6.61 Å². The lowest BCUT2D eigenvalue weighted by molar-refractivity contribution is -0.122. The monoisotopic (exact) mass is 202 g/mol. The second-order valence-corrected chi connectivity index (χ2v) is 3.41. The summed E-state index contributed by atoms with van der Waals surface area (Å²) in [4.78, 5) is 11.3. The fourth-order valence-corrected chi connectivity index (χ4v) is 1.08. The van der Waals surface area contributed by atoms with Crippen molar-refractivity contribution in [2.24, 2.45) is 5.73 Å². The third-order valence-corrected chi connectivity index (χ3v) is 1.83. The van der Waals surface area contributed by atoms with Gasteiger partial charge in [-0.05, 0) is 26.3 Å². The van der Waals surface area contributed by atoms with Crippen molar-refractivity contribution < 1.29 is 9.53 Å². The fourth-order valence-electron chi connectivity index (χ4n) is 1.08. The summed E-state index contributed by atoms with van der Waals surface area (Å²) in [5.41, 5.74) is 5.37. The van der Waals surface area contributed by atoms with Crippen molar-refractivity contribution in [3.63, 3.8) is 0 Å². The maximum absolute atomic E-state index is 11.3. The number of carbonyl (C=O) groups excluding carboxylic acids is 1. The van der Waals surface area contributed by atoms with Crippen LogP contribution in [-0.2, 0) is 9.53 Å². The molecule has 1 amide bonds. The first-order chi connectivity index (χ1) is 6.70. The van der Waals surface area contributed by atoms with Crippen LogP contribution >= 0.6 is 0 Å². The van der Waals surface area contributed by atoms with Gasteiger partial charge in [0, 0.05) is 19.1 Å². The lowest BCUT2D eigenvalue weighted by Crippen LogP contribution is -2.34. The SMILES string of the molecule is CCCOCCC(=O)NC(C)CCN. The average Bonchev–Trinajstić information content (AvgIpc) is 2.13. The highest BCUT2D eigenvalue weighted by Gasteiger charge is 2.05. The van der Waals surface area contributed by atoms with Gasteiger partial charge in [-0.3, -0.25) is 4.79 Å². The second-order valence-electron chi connectivity index (χ2n) is 3.41. The molecule has 0 aliphatic rings. The van der Waals surface area contributed by atoms with Crippen molar-refractivity contribution in [1.82, 2.24) is 5.32 Å². The summed E-state index contributed by atoms with van der Waals surface area (Å²) in [5, 5.41) is 2.86. The largest absolute Gasteiger partial charge is 0.381 e. The molecule has 0 aliphatic carbocycles. The van der Waals surface area contributed by atoms with E-state index < -0.39 is 0 Å². The Labute approximate surface area is 86.2 Å². The van der Waals surface area contributed by atoms with Crippen molar-refractivity contribution in [1.29, 1.82) is 0 Å². The lowest BCUT2D eigenvalue weighted by atomic mass is 10.2. The molecule has 3 N–H and O–H groups in total. The van der Waals surface area contributed by atoms with E-state index in [1.807, 2.05) is 13.8 Å². The van der Waals surface area contributed by atoms with Gasteiger partial charge in [0.25, 0.3) is 0 Å². The van der Waals surface area contributed by atoms with Gasteiger partial charge < -0.3 is 15.8 Å². The topological polar surface area (TPSA) is 64.3 Å². The van der Waals surface area contributed by atoms with E-state index in [1.165, 1.54) is 0 Å². The molecule has 14 heavy (non-hydrogen) atoms. The molecule has 0 aromatic rings. The smallest absolute Gasteiger partial charge is 0.222 e. The van der Waals surface area contributed by atoms with Crippen LogP contribution in [0.25, 0.3) is 0 Å². The minimum absolute atomic E-state index is 0.0436. The summed E-state index contributed by atoms with van der Waals surface area (Å²) in [6.07, 6.45) is 2.25. The Kier molecular flexibility index (Phi) is 8.57. The maximum atomic E-state index is 11.3. The number of carbonyl (C=O) groups is 1. The maximum Gasteiger partial charge on any atom is 0.222 e. The zero-order chi connectivity index (χ0) is 10.8. The number of nitrogens with two attached hydrogens (primary N) is 1. The van der Waals surface area contributed by atoms with Crippen LogP contribution in [0.4, 0.5) is 0 Å². The van der Waals surface area contributed by atoms with Gasteiger partial charge >= 0.3 is 0 Å². The van der Waals surface area contributed by atoms with Crippen LogP contribution in [-0.4, -0.2) is 31.7 Å². The first-order valence-electron chi connectivity index (χ1n) is 5.27. The molecule has 0 aromatic heterocycles. The molecule has 0 heterocycles. The highest BCUT2D eigenvalue weighted by atomic mass is 16.5. The normalized spacial score (nSPS) is 12.5. The Morgan fingerprint density at radius 3 is 2.79 bits per heavy atom. The number of rotatable bonds is 8. The molecule has 84 valence electrons. The Morgan fingerprint density at radius 2 is 2.21 bits per heavy atom. The molecule has 0 saturated carbocycles. The molecule has 0 saturated heterocycles. The third-order valence-electron chi connectivity index (χ3n) is 1.83. The predicted molar refractivity (Wildman–Crippen MR) is 57.0 cm³/mol. The highest BCUT2D eigenvalue weighted by Crippen LogP contribution is 1.90. The number of amides is 1. The van der Waals surface area contributed by atoms with E-state index in [0.717, 1.165) is 19.4 Å². The van der Waals surface area contributed by atoms with E-state index in [4.69, 9.17) is 10.5 Å². The van der Waals surface area contributed by atoms with Gasteiger partial charge in [0.1, 0.15) is 0 Å². The van der Waals surface area contributed by atoms with E-state index in [-0.39, 0.29) is 11.9 Å². The van der Waals surface area contributed by atoms with Crippen molar-refractivity contribution in [2.45, 2.75) is 39.2 Å². The number of ether oxygens (including phenoxy) is 1. The predicted octanol–water partition coefficient (Wildman–Crippen LogP) is 0.657. The molecule has 4 heteroatoms. The van der Waals surface area contributed by atoms with Gasteiger partial charge in [0.15, 0.2) is 0 Å². The summed E-state index contributed by atoms with van der Waals surface area (Å²) >= 11 is 0. The Balaban J connectivity index is 3.35. The molecule has 1 unspecified atom stereocenters. The van der Waals surface area contributed by atoms with Gasteiger partial charge in [-0.15, -0.1) is 0 Å². The molecule has 0 fully saturated rings. The first-order valence-corrected chi connectivity index (χ1v) is 5.27. The number of hydrogen-bond donors (Lipinski definition) is 2. The highest BCUT2D eigenvalue weighted by molar-refractivity contribution is 5.76. The van der Waals surface area contributed by atoms with Crippen LogP contribution in [0.2, 0.25) is 0 Å². The van der Waals surface area contributed by atoms with Crippen molar-refractivity contribution in [3.05, 3.63) is 0 Å². The quantitative estimate of drug-likeness (QED) is 0.568. The number of nitrogens with one attached hydrogen (secondary N) is 1. The molecular formula is C10H22N2O2. The molecule has 1 atom stereocenters. The third kappa shape index (κ3) is 8.01. The van der Waals surface area contributed by atoms with Crippen LogP contribution in [0.15, 0.2) is 0 Å². The van der Waals surface area contributed by atoms with Crippen molar-refractivity contribution in [3.8, 4) is 0 Å². The van der Waals surface area contributed by atoms with Crippen LogP contribution < -0.4 is 11.1 Å². The molecule has 0 bridgehead atoms. The summed E-state index contributed by atoms with van der Waals surface area (Å²) in [6, 6.07) is 0.165. The van der Waals surface area contributed by atoms with Gasteiger partial charge in [-0.2, -0.15) is 0 Å². The van der Waals surface area contributed by atoms with Crippen LogP contribution in [0.5, 0.6) is 0 Å². The van der Waals surface area contributed by atoms with E-state index in [1.54, 1.807) is 0 Å². The molecule has 4 nitrogen and oxygen atoms in total. The fraction of sp³-hybridized carbons (Fsp3) is 0.900. The standard InChI is InChI=1S/C10H22N2O2/c1-3-7-14-8-5-10(13)12-9(2)4-6-11/h9H,3-8,11H2,1-2H3,(H,12,13). The summed E-state index contributed by atoms with van der Waals surface area (Å²) in [6.45, 7) is 5.84. The van der Waals surface area contributed by atoms with E-state index in [9.17, 15) is 4.79 Å². The molecule has 0 aromatic carbocycles. The van der Waals surface area contributed by atoms with Crippen LogP contribution in [0.3, 0.4) is 0 Å². The summed E-state index contributed by atoms with van der Waals surface area (Å²) in [7, 11) is 0. The Hall–Kier alpha value is -0.610.